The predicted molar refractivity (Wildman–Crippen MR) is 70.7 cm³/mol. The number of ether oxygens (including phenoxy) is 2. The summed E-state index contributed by atoms with van der Waals surface area (Å²) in [6.07, 6.45) is 0.481. The molecule has 0 aromatic heterocycles. The lowest BCUT2D eigenvalue weighted by Crippen LogP contribution is -2.51. The van der Waals surface area contributed by atoms with Crippen LogP contribution >= 0.6 is 0 Å². The number of carbonyl (C=O) groups excluding carboxylic acids is 2. The Hall–Kier alpha value is -1.81. The average Bonchev–Trinajstić information content (AvgIpc) is 2.38. The van der Waals surface area contributed by atoms with Crippen LogP contribution in [0.25, 0.3) is 0 Å². The molecule has 0 aliphatic carbocycles. The maximum Gasteiger partial charge on any atom is 0.407 e. The number of carbonyl (C=O) groups is 2. The van der Waals surface area contributed by atoms with Gasteiger partial charge >= 0.3 is 12.1 Å². The summed E-state index contributed by atoms with van der Waals surface area (Å²) in [4.78, 5) is 24.7. The Kier molecular flexibility index (Phi) is 6.81. The maximum absolute atomic E-state index is 11.5. The third kappa shape index (κ3) is 5.45. The topological polar surface area (TPSA) is 91.7 Å². The van der Waals surface area contributed by atoms with Crippen LogP contribution in [0.4, 0.5) is 4.79 Å². The molecule has 0 aromatic rings. The van der Waals surface area contributed by atoms with Crippen LogP contribution in [0.15, 0.2) is 0 Å². The first-order valence-electron chi connectivity index (χ1n) is 6.68. The van der Waals surface area contributed by atoms with Gasteiger partial charge in [0, 0.05) is 25.6 Å². The number of nitrogens with one attached hydrogen (secondary N) is 1. The van der Waals surface area contributed by atoms with Crippen LogP contribution < -0.4 is 5.32 Å². The van der Waals surface area contributed by atoms with Gasteiger partial charge in [0.25, 0.3) is 0 Å². The molecule has 0 spiro atoms. The number of piperidine rings is 1. The maximum atomic E-state index is 11.5. The van der Waals surface area contributed by atoms with Gasteiger partial charge in [-0.3, -0.25) is 9.69 Å². The summed E-state index contributed by atoms with van der Waals surface area (Å²) in [7, 11) is 1.31. The highest BCUT2D eigenvalue weighted by atomic mass is 16.5. The number of methoxy groups -OCH3 is 1. The normalized spacial score (nSPS) is 22.6. The van der Waals surface area contributed by atoms with E-state index < -0.39 is 6.09 Å². The molecular weight excluding hydrogens is 262 g/mol. The highest BCUT2D eigenvalue weighted by Crippen LogP contribution is 2.20. The summed E-state index contributed by atoms with van der Waals surface area (Å²) in [5.74, 6) is -0.175. The summed E-state index contributed by atoms with van der Waals surface area (Å²) in [6, 6.07) is 1.97. The second-order valence-corrected chi connectivity index (χ2v) is 4.80. The quantitative estimate of drug-likeness (QED) is 0.584. The molecule has 1 amide bonds. The molecule has 1 heterocycles. The lowest BCUT2D eigenvalue weighted by atomic mass is 9.91. The lowest BCUT2D eigenvalue weighted by Gasteiger charge is -2.36. The van der Waals surface area contributed by atoms with Crippen molar-refractivity contribution < 1.29 is 19.1 Å². The summed E-state index contributed by atoms with van der Waals surface area (Å²) >= 11 is 0. The smallest absolute Gasteiger partial charge is 0.407 e. The number of rotatable bonds is 5. The molecule has 1 aliphatic heterocycles. The second kappa shape index (κ2) is 8.38. The Morgan fingerprint density at radius 1 is 1.45 bits per heavy atom. The van der Waals surface area contributed by atoms with Gasteiger partial charge in [-0.05, 0) is 19.3 Å². The molecule has 0 aromatic carbocycles. The van der Waals surface area contributed by atoms with Gasteiger partial charge in [0.15, 0.2) is 0 Å². The fraction of sp³-hybridized carbons (Fsp3) is 0.769. The van der Waals surface area contributed by atoms with Gasteiger partial charge in [-0.2, -0.15) is 5.26 Å². The molecule has 1 N–H and O–H groups in total. The van der Waals surface area contributed by atoms with Gasteiger partial charge < -0.3 is 14.8 Å². The van der Waals surface area contributed by atoms with Crippen LogP contribution in [0.3, 0.4) is 0 Å². The van der Waals surface area contributed by atoms with Crippen molar-refractivity contribution in [3.63, 3.8) is 0 Å². The van der Waals surface area contributed by atoms with Crippen LogP contribution in [-0.4, -0.2) is 56.4 Å². The molecule has 1 fully saturated rings. The van der Waals surface area contributed by atoms with E-state index in [0.717, 1.165) is 0 Å². The van der Waals surface area contributed by atoms with Gasteiger partial charge in [0.2, 0.25) is 0 Å². The monoisotopic (exact) mass is 283 g/mol. The number of amides is 1. The van der Waals surface area contributed by atoms with E-state index in [1.54, 1.807) is 6.92 Å². The predicted octanol–water partition coefficient (Wildman–Crippen LogP) is 0.510. The first-order chi connectivity index (χ1) is 9.58. The Bertz CT molecular complexity index is 380. The highest BCUT2D eigenvalue weighted by molar-refractivity contribution is 5.70. The molecule has 0 saturated carbocycles. The van der Waals surface area contributed by atoms with Crippen molar-refractivity contribution in [2.45, 2.75) is 25.8 Å². The van der Waals surface area contributed by atoms with Crippen molar-refractivity contribution in [1.82, 2.24) is 10.2 Å². The molecule has 0 radical (unpaired) electrons. The molecule has 2 atom stereocenters. The van der Waals surface area contributed by atoms with Crippen molar-refractivity contribution in [2.75, 3.05) is 33.4 Å². The van der Waals surface area contributed by atoms with Crippen molar-refractivity contribution in [3.8, 4) is 6.07 Å². The molecule has 20 heavy (non-hydrogen) atoms. The number of hydrogen-bond acceptors (Lipinski definition) is 6. The highest BCUT2D eigenvalue weighted by Gasteiger charge is 2.29. The van der Waals surface area contributed by atoms with E-state index in [1.165, 1.54) is 7.11 Å². The molecule has 2 unspecified atom stereocenters. The largest absolute Gasteiger partial charge is 0.466 e. The summed E-state index contributed by atoms with van der Waals surface area (Å²) in [5, 5.41) is 11.5. The van der Waals surface area contributed by atoms with Crippen LogP contribution in [0.2, 0.25) is 0 Å². The summed E-state index contributed by atoms with van der Waals surface area (Å²) in [5.41, 5.74) is 0. The average molecular weight is 283 g/mol. The van der Waals surface area contributed by atoms with Crippen LogP contribution in [0, 0.1) is 17.2 Å². The summed E-state index contributed by atoms with van der Waals surface area (Å²) in [6.45, 7) is 3.64. The molecule has 1 rings (SSSR count). The zero-order chi connectivity index (χ0) is 15.0. The van der Waals surface area contributed by atoms with Crippen LogP contribution in [0.1, 0.15) is 19.8 Å². The lowest BCUT2D eigenvalue weighted by molar-refractivity contribution is -0.144. The molecule has 1 aliphatic rings. The number of hydrogen-bond donors (Lipinski definition) is 1. The minimum Gasteiger partial charge on any atom is -0.466 e. The zero-order valence-electron chi connectivity index (χ0n) is 11.9. The molecule has 1 saturated heterocycles. The minimum absolute atomic E-state index is 0.0679. The van der Waals surface area contributed by atoms with Gasteiger partial charge in [-0.1, -0.05) is 0 Å². The Morgan fingerprint density at radius 3 is 2.80 bits per heavy atom. The molecule has 0 bridgehead atoms. The van der Waals surface area contributed by atoms with Gasteiger partial charge in [0.1, 0.15) is 0 Å². The van der Waals surface area contributed by atoms with E-state index in [2.05, 4.69) is 16.1 Å². The second-order valence-electron chi connectivity index (χ2n) is 4.80. The van der Waals surface area contributed by atoms with E-state index in [0.29, 0.717) is 32.5 Å². The first-order valence-corrected chi connectivity index (χ1v) is 6.68. The van der Waals surface area contributed by atoms with Crippen LogP contribution in [-0.2, 0) is 14.3 Å². The SMILES string of the molecule is CCOC(=O)CC1CC(NC(=O)OC)CN(CC#N)C1. The molecule has 112 valence electrons. The Morgan fingerprint density at radius 2 is 2.20 bits per heavy atom. The third-order valence-corrected chi connectivity index (χ3v) is 3.18. The van der Waals surface area contributed by atoms with E-state index in [-0.39, 0.29) is 24.5 Å². The Balaban J connectivity index is 2.58. The third-order valence-electron chi connectivity index (χ3n) is 3.18. The number of nitrogens with zero attached hydrogens (tertiary/aromatic N) is 2. The number of esters is 1. The van der Waals surface area contributed by atoms with Gasteiger partial charge in [0.05, 0.1) is 26.3 Å². The molecule has 7 nitrogen and oxygen atoms in total. The standard InChI is InChI=1S/C13H21N3O4/c1-3-20-12(17)7-10-6-11(15-13(18)19-2)9-16(8-10)5-4-14/h10-11H,3,5-9H2,1-2H3,(H,15,18). The van der Waals surface area contributed by atoms with Crippen LogP contribution in [0.5, 0.6) is 0 Å². The van der Waals surface area contributed by atoms with Crippen molar-refractivity contribution in [1.29, 1.82) is 5.26 Å². The van der Waals surface area contributed by atoms with Crippen molar-refractivity contribution in [3.05, 3.63) is 0 Å². The minimum atomic E-state index is -0.497. The summed E-state index contributed by atoms with van der Waals surface area (Å²) < 4.78 is 9.52. The van der Waals surface area contributed by atoms with Crippen molar-refractivity contribution >= 4 is 12.1 Å². The van der Waals surface area contributed by atoms with E-state index in [4.69, 9.17) is 10.00 Å². The number of likely N-dealkylation sites (tertiary alicyclic amines) is 1. The fourth-order valence-electron chi connectivity index (χ4n) is 2.47. The van der Waals surface area contributed by atoms with E-state index >= 15 is 0 Å². The Labute approximate surface area is 118 Å². The fourth-order valence-corrected chi connectivity index (χ4v) is 2.47. The van der Waals surface area contributed by atoms with Gasteiger partial charge in [-0.15, -0.1) is 0 Å². The number of alkyl carbamates (subject to hydrolysis) is 1. The number of nitriles is 1. The van der Waals surface area contributed by atoms with Gasteiger partial charge in [-0.25, -0.2) is 4.79 Å². The van der Waals surface area contributed by atoms with E-state index in [1.807, 2.05) is 4.90 Å². The van der Waals surface area contributed by atoms with Crippen molar-refractivity contribution in [2.24, 2.45) is 5.92 Å². The zero-order valence-corrected chi connectivity index (χ0v) is 11.9. The molecular formula is C13H21N3O4. The molecule has 7 heteroatoms. The first kappa shape index (κ1) is 16.2. The van der Waals surface area contributed by atoms with E-state index in [9.17, 15) is 9.59 Å².